The molecule has 0 bridgehead atoms. The number of carbonyl (C=O) groups excluding carboxylic acids is 2. The number of aromatic nitrogens is 4. The van der Waals surface area contributed by atoms with Crippen LogP contribution >= 0.6 is 0 Å². The van der Waals surface area contributed by atoms with Crippen molar-refractivity contribution in [1.82, 2.24) is 30.4 Å². The molecule has 2 atom stereocenters. The van der Waals surface area contributed by atoms with Crippen molar-refractivity contribution in [2.45, 2.75) is 71.1 Å². The number of nitrogens with one attached hydrogen (secondary N) is 1. The number of benzene rings is 1. The van der Waals surface area contributed by atoms with Crippen molar-refractivity contribution in [2.75, 3.05) is 13.1 Å². The summed E-state index contributed by atoms with van der Waals surface area (Å²) in [5.41, 5.74) is 0.257. The van der Waals surface area contributed by atoms with Gasteiger partial charge in [0.25, 0.3) is 0 Å². The Morgan fingerprint density at radius 2 is 1.94 bits per heavy atom. The molecule has 2 aromatic rings. The minimum absolute atomic E-state index is 0.0811. The summed E-state index contributed by atoms with van der Waals surface area (Å²) >= 11 is 0. The van der Waals surface area contributed by atoms with Crippen molar-refractivity contribution < 1.29 is 18.7 Å². The van der Waals surface area contributed by atoms with Crippen molar-refractivity contribution in [3.05, 3.63) is 41.5 Å². The Hall–Kier alpha value is -3.04. The maximum Gasteiger partial charge on any atom is 0.410 e. The fraction of sp³-hybridized carbons (Fsp3) is 0.591. The first kappa shape index (κ1) is 23.6. The summed E-state index contributed by atoms with van der Waals surface area (Å²) < 4.78 is 20.3. The van der Waals surface area contributed by atoms with Crippen LogP contribution in [0.5, 0.6) is 0 Å². The third-order valence-corrected chi connectivity index (χ3v) is 5.32. The van der Waals surface area contributed by atoms with Gasteiger partial charge in [-0.2, -0.15) is 0 Å². The second kappa shape index (κ2) is 10.1. The molecule has 0 spiro atoms. The second-order valence-corrected chi connectivity index (χ2v) is 9.12. The summed E-state index contributed by atoms with van der Waals surface area (Å²) in [5.74, 6) is -0.0222. The minimum atomic E-state index is -0.666. The van der Waals surface area contributed by atoms with E-state index in [9.17, 15) is 14.0 Å². The van der Waals surface area contributed by atoms with E-state index >= 15 is 0 Å². The maximum atomic E-state index is 13.3. The van der Waals surface area contributed by atoms with Crippen LogP contribution < -0.4 is 5.32 Å². The van der Waals surface area contributed by atoms with Crippen LogP contribution in [0.25, 0.3) is 0 Å². The number of ether oxygens (including phenoxy) is 1. The molecule has 2 heterocycles. The van der Waals surface area contributed by atoms with Gasteiger partial charge in [0.15, 0.2) is 0 Å². The number of nitrogens with zero attached hydrogens (tertiary/aromatic N) is 5. The smallest absolute Gasteiger partial charge is 0.410 e. The van der Waals surface area contributed by atoms with Crippen LogP contribution in [0.2, 0.25) is 0 Å². The summed E-state index contributed by atoms with van der Waals surface area (Å²) in [6.45, 7) is 8.35. The lowest BCUT2D eigenvalue weighted by atomic mass is 10.0. The molecule has 0 saturated carbocycles. The predicted octanol–water partition coefficient (Wildman–Crippen LogP) is 2.81. The van der Waals surface area contributed by atoms with Gasteiger partial charge in [0.1, 0.15) is 23.3 Å². The lowest BCUT2D eigenvalue weighted by Crippen LogP contribution is -2.42. The largest absolute Gasteiger partial charge is 0.444 e. The molecule has 0 unspecified atom stereocenters. The molecule has 174 valence electrons. The van der Waals surface area contributed by atoms with Crippen molar-refractivity contribution in [3.8, 4) is 0 Å². The molecule has 2 amide bonds. The van der Waals surface area contributed by atoms with Crippen molar-refractivity contribution in [2.24, 2.45) is 0 Å². The standard InChI is InChI=1S/C22H31FN6O3/c1-15-25-26-27-29(15)19(14-16-7-9-17(23)10-8-16)20(30)24-18-6-5-12-28(13-11-18)21(31)32-22(2,3)4/h7-10,18-19H,5-6,11-14H2,1-4H3,(H,24,30)/t18-,19-/m1/s1. The van der Waals surface area contributed by atoms with Crippen LogP contribution in [0.3, 0.4) is 0 Å². The van der Waals surface area contributed by atoms with Gasteiger partial charge in [-0.05, 0) is 75.1 Å². The average molecular weight is 447 g/mol. The van der Waals surface area contributed by atoms with Gasteiger partial charge in [-0.3, -0.25) is 4.79 Å². The van der Waals surface area contributed by atoms with E-state index in [1.54, 1.807) is 24.0 Å². The molecule has 3 rings (SSSR count). The van der Waals surface area contributed by atoms with E-state index in [1.807, 2.05) is 20.8 Å². The van der Waals surface area contributed by atoms with E-state index in [4.69, 9.17) is 4.74 Å². The Morgan fingerprint density at radius 3 is 2.56 bits per heavy atom. The molecule has 1 fully saturated rings. The highest BCUT2D eigenvalue weighted by molar-refractivity contribution is 5.81. The Labute approximate surface area is 187 Å². The number of tetrazole rings is 1. The molecule has 0 radical (unpaired) electrons. The summed E-state index contributed by atoms with van der Waals surface area (Å²) in [6, 6.07) is 5.29. The van der Waals surface area contributed by atoms with Gasteiger partial charge in [-0.1, -0.05) is 12.1 Å². The zero-order valence-corrected chi connectivity index (χ0v) is 19.0. The average Bonchev–Trinajstić information content (AvgIpc) is 2.99. The van der Waals surface area contributed by atoms with Crippen LogP contribution in [0.1, 0.15) is 57.5 Å². The molecule has 0 aliphatic carbocycles. The lowest BCUT2D eigenvalue weighted by molar-refractivity contribution is -0.125. The molecule has 1 aliphatic heterocycles. The fourth-order valence-electron chi connectivity index (χ4n) is 3.71. The van der Waals surface area contributed by atoms with E-state index in [-0.39, 0.29) is 23.9 Å². The number of halogens is 1. The highest BCUT2D eigenvalue weighted by atomic mass is 19.1. The quantitative estimate of drug-likeness (QED) is 0.758. The molecule has 9 nitrogen and oxygen atoms in total. The van der Waals surface area contributed by atoms with Crippen molar-refractivity contribution in [3.63, 3.8) is 0 Å². The number of amides is 2. The maximum absolute atomic E-state index is 13.3. The Kier molecular flexibility index (Phi) is 7.42. The topological polar surface area (TPSA) is 102 Å². The zero-order chi connectivity index (χ0) is 23.3. The molecule has 1 aliphatic rings. The predicted molar refractivity (Wildman–Crippen MR) is 115 cm³/mol. The van der Waals surface area contributed by atoms with Crippen molar-refractivity contribution >= 4 is 12.0 Å². The molecule has 10 heteroatoms. The molecule has 32 heavy (non-hydrogen) atoms. The first-order chi connectivity index (χ1) is 15.1. The number of hydrogen-bond donors (Lipinski definition) is 1. The van der Waals surface area contributed by atoms with Crippen LogP contribution in [0.15, 0.2) is 24.3 Å². The molecular weight excluding hydrogens is 415 g/mol. The highest BCUT2D eigenvalue weighted by Gasteiger charge is 2.29. The van der Waals surface area contributed by atoms with Gasteiger partial charge >= 0.3 is 6.09 Å². The van der Waals surface area contributed by atoms with Gasteiger partial charge in [0.2, 0.25) is 5.91 Å². The van der Waals surface area contributed by atoms with Crippen LogP contribution in [-0.2, 0) is 16.0 Å². The number of rotatable bonds is 5. The van der Waals surface area contributed by atoms with E-state index in [0.29, 0.717) is 31.8 Å². The lowest BCUT2D eigenvalue weighted by Gasteiger charge is -2.26. The number of carbonyl (C=O) groups is 2. The molecule has 1 aromatic heterocycles. The van der Waals surface area contributed by atoms with Crippen molar-refractivity contribution in [1.29, 1.82) is 0 Å². The normalized spacial score (nSPS) is 18.0. The van der Waals surface area contributed by atoms with Gasteiger partial charge < -0.3 is 15.0 Å². The fourth-order valence-corrected chi connectivity index (χ4v) is 3.71. The Morgan fingerprint density at radius 1 is 1.22 bits per heavy atom. The third kappa shape index (κ3) is 6.48. The molecule has 1 aromatic carbocycles. The Bertz CT molecular complexity index is 924. The molecular formula is C22H31FN6O3. The first-order valence-corrected chi connectivity index (χ1v) is 10.9. The van der Waals surface area contributed by atoms with Gasteiger partial charge in [-0.15, -0.1) is 5.10 Å². The van der Waals surface area contributed by atoms with Crippen LogP contribution in [0, 0.1) is 12.7 Å². The first-order valence-electron chi connectivity index (χ1n) is 10.9. The number of likely N-dealkylation sites (tertiary alicyclic amines) is 1. The van der Waals surface area contributed by atoms with E-state index in [1.165, 1.54) is 16.8 Å². The summed E-state index contributed by atoms with van der Waals surface area (Å²) in [5, 5.41) is 14.7. The highest BCUT2D eigenvalue weighted by Crippen LogP contribution is 2.19. The summed E-state index contributed by atoms with van der Waals surface area (Å²) in [4.78, 5) is 27.3. The SMILES string of the molecule is Cc1nnnn1[C@H](Cc1ccc(F)cc1)C(=O)N[C@@H]1CCCN(C(=O)OC(C)(C)C)CC1. The monoisotopic (exact) mass is 446 g/mol. The van der Waals surface area contributed by atoms with E-state index in [0.717, 1.165) is 18.4 Å². The van der Waals surface area contributed by atoms with Crippen LogP contribution in [-0.4, -0.2) is 61.8 Å². The van der Waals surface area contributed by atoms with Gasteiger partial charge in [0, 0.05) is 25.6 Å². The van der Waals surface area contributed by atoms with E-state index in [2.05, 4.69) is 20.8 Å². The van der Waals surface area contributed by atoms with Gasteiger partial charge in [0.05, 0.1) is 0 Å². The number of aryl methyl sites for hydroxylation is 1. The zero-order valence-electron chi connectivity index (χ0n) is 19.0. The molecule has 1 N–H and O–H groups in total. The van der Waals surface area contributed by atoms with Crippen LogP contribution in [0.4, 0.5) is 9.18 Å². The second-order valence-electron chi connectivity index (χ2n) is 9.12. The van der Waals surface area contributed by atoms with E-state index < -0.39 is 11.6 Å². The number of hydrogen-bond acceptors (Lipinski definition) is 6. The van der Waals surface area contributed by atoms with Gasteiger partial charge in [-0.25, -0.2) is 13.9 Å². The Balaban J connectivity index is 1.66. The summed E-state index contributed by atoms with van der Waals surface area (Å²) in [6.07, 6.45) is 2.14. The molecule has 1 saturated heterocycles. The third-order valence-electron chi connectivity index (χ3n) is 5.32. The minimum Gasteiger partial charge on any atom is -0.444 e. The summed E-state index contributed by atoms with van der Waals surface area (Å²) in [7, 11) is 0.